The van der Waals surface area contributed by atoms with Crippen LogP contribution in [-0.4, -0.2) is 50.3 Å². The number of esters is 4. The Morgan fingerprint density at radius 2 is 0.896 bits per heavy atom. The number of benzene rings is 3. The fourth-order valence-corrected chi connectivity index (χ4v) is 4.25. The molecular formula is C38H42O10. The lowest BCUT2D eigenvalue weighted by Crippen LogP contribution is -2.11. The van der Waals surface area contributed by atoms with Crippen LogP contribution in [0.15, 0.2) is 98.1 Å². The SMILES string of the molecule is C=CC(=O)OCCCC(C)COc1ccc(C(=O)Oc2ccc(OC(=O)c3ccc(OCC(C)CCCOC(=O)C=C)cc3)cc2)cc1. The summed E-state index contributed by atoms with van der Waals surface area (Å²) in [6.45, 7) is 12.5. The van der Waals surface area contributed by atoms with Gasteiger partial charge in [-0.15, -0.1) is 0 Å². The predicted octanol–water partition coefficient (Wildman–Crippen LogP) is 7.17. The molecule has 3 rings (SSSR count). The molecule has 0 N–H and O–H groups in total. The van der Waals surface area contributed by atoms with Crippen LogP contribution >= 0.6 is 0 Å². The maximum absolute atomic E-state index is 12.6. The number of hydrogen-bond donors (Lipinski definition) is 0. The molecule has 3 aromatic rings. The van der Waals surface area contributed by atoms with E-state index in [9.17, 15) is 19.2 Å². The van der Waals surface area contributed by atoms with Gasteiger partial charge >= 0.3 is 23.9 Å². The van der Waals surface area contributed by atoms with Gasteiger partial charge in [-0.05, 0) is 110 Å². The second-order valence-electron chi connectivity index (χ2n) is 11.2. The molecule has 0 aliphatic carbocycles. The molecular weight excluding hydrogens is 616 g/mol. The molecule has 0 radical (unpaired) electrons. The zero-order valence-electron chi connectivity index (χ0n) is 27.4. The molecule has 48 heavy (non-hydrogen) atoms. The molecule has 0 spiro atoms. The zero-order chi connectivity index (χ0) is 34.7. The minimum atomic E-state index is -0.542. The lowest BCUT2D eigenvalue weighted by molar-refractivity contribution is -0.138. The van der Waals surface area contributed by atoms with Gasteiger partial charge in [-0.3, -0.25) is 0 Å². The Balaban J connectivity index is 1.38. The van der Waals surface area contributed by atoms with Crippen LogP contribution in [0, 0.1) is 11.8 Å². The second-order valence-corrected chi connectivity index (χ2v) is 11.2. The van der Waals surface area contributed by atoms with Gasteiger partial charge in [0.25, 0.3) is 0 Å². The fourth-order valence-electron chi connectivity index (χ4n) is 4.25. The van der Waals surface area contributed by atoms with E-state index in [4.69, 9.17) is 28.4 Å². The van der Waals surface area contributed by atoms with Crippen LogP contribution in [0.1, 0.15) is 60.2 Å². The van der Waals surface area contributed by atoms with Gasteiger partial charge in [0.1, 0.15) is 23.0 Å². The van der Waals surface area contributed by atoms with Crippen LogP contribution in [0.3, 0.4) is 0 Å². The van der Waals surface area contributed by atoms with Crippen molar-refractivity contribution < 1.29 is 47.6 Å². The van der Waals surface area contributed by atoms with Gasteiger partial charge in [-0.1, -0.05) is 27.0 Å². The molecule has 0 aromatic heterocycles. The van der Waals surface area contributed by atoms with Crippen molar-refractivity contribution in [2.45, 2.75) is 39.5 Å². The third-order valence-electron chi connectivity index (χ3n) is 7.00. The van der Waals surface area contributed by atoms with Gasteiger partial charge < -0.3 is 28.4 Å². The van der Waals surface area contributed by atoms with Crippen molar-refractivity contribution in [3.63, 3.8) is 0 Å². The number of carbonyl (C=O) groups excluding carboxylic acids is 4. The molecule has 0 saturated carbocycles. The van der Waals surface area contributed by atoms with E-state index in [1.54, 1.807) is 72.8 Å². The Morgan fingerprint density at radius 1 is 0.562 bits per heavy atom. The summed E-state index contributed by atoms with van der Waals surface area (Å²) in [5.41, 5.74) is 0.701. The highest BCUT2D eigenvalue weighted by molar-refractivity contribution is 5.92. The summed E-state index contributed by atoms with van der Waals surface area (Å²) in [6.07, 6.45) is 5.40. The second kappa shape index (κ2) is 20.0. The minimum Gasteiger partial charge on any atom is -0.493 e. The van der Waals surface area contributed by atoms with Crippen molar-refractivity contribution in [1.29, 1.82) is 0 Å². The van der Waals surface area contributed by atoms with Gasteiger partial charge in [0.15, 0.2) is 0 Å². The number of ether oxygens (including phenoxy) is 6. The van der Waals surface area contributed by atoms with Crippen molar-refractivity contribution in [3.05, 3.63) is 109 Å². The van der Waals surface area contributed by atoms with Crippen molar-refractivity contribution in [2.75, 3.05) is 26.4 Å². The number of rotatable bonds is 20. The molecule has 0 fully saturated rings. The maximum Gasteiger partial charge on any atom is 0.343 e. The van der Waals surface area contributed by atoms with Gasteiger partial charge in [-0.2, -0.15) is 0 Å². The van der Waals surface area contributed by atoms with Crippen LogP contribution in [-0.2, 0) is 19.1 Å². The number of hydrogen-bond acceptors (Lipinski definition) is 10. The molecule has 0 amide bonds. The van der Waals surface area contributed by atoms with Crippen LogP contribution in [0.5, 0.6) is 23.0 Å². The molecule has 2 unspecified atom stereocenters. The minimum absolute atomic E-state index is 0.250. The largest absolute Gasteiger partial charge is 0.493 e. The Bertz CT molecular complexity index is 1380. The van der Waals surface area contributed by atoms with Gasteiger partial charge in [0, 0.05) is 12.2 Å². The Kier molecular flexibility index (Phi) is 15.4. The van der Waals surface area contributed by atoms with E-state index in [1.807, 2.05) is 13.8 Å². The topological polar surface area (TPSA) is 124 Å². The van der Waals surface area contributed by atoms with Crippen LogP contribution < -0.4 is 18.9 Å². The Morgan fingerprint density at radius 3 is 1.23 bits per heavy atom. The van der Waals surface area contributed by atoms with Gasteiger partial charge in [0.2, 0.25) is 0 Å². The van der Waals surface area contributed by atoms with Crippen molar-refractivity contribution >= 4 is 23.9 Å². The van der Waals surface area contributed by atoms with Crippen molar-refractivity contribution in [3.8, 4) is 23.0 Å². The molecule has 0 aliphatic heterocycles. The highest BCUT2D eigenvalue weighted by Gasteiger charge is 2.13. The number of carbonyl (C=O) groups is 4. The molecule has 254 valence electrons. The smallest absolute Gasteiger partial charge is 0.343 e. The third-order valence-corrected chi connectivity index (χ3v) is 7.00. The Labute approximate surface area is 281 Å². The summed E-state index contributed by atoms with van der Waals surface area (Å²) < 4.78 is 32.5. The molecule has 0 heterocycles. The summed E-state index contributed by atoms with van der Waals surface area (Å²) in [5.74, 6) is 0.390. The van der Waals surface area contributed by atoms with Crippen LogP contribution in [0.4, 0.5) is 0 Å². The first-order valence-corrected chi connectivity index (χ1v) is 15.7. The van der Waals surface area contributed by atoms with E-state index >= 15 is 0 Å². The van der Waals surface area contributed by atoms with E-state index in [1.165, 1.54) is 0 Å². The highest BCUT2D eigenvalue weighted by atomic mass is 16.5. The van der Waals surface area contributed by atoms with Gasteiger partial charge in [0.05, 0.1) is 37.6 Å². The van der Waals surface area contributed by atoms with Gasteiger partial charge in [-0.25, -0.2) is 19.2 Å². The van der Waals surface area contributed by atoms with E-state index in [0.717, 1.165) is 37.8 Å². The molecule has 0 bridgehead atoms. The lowest BCUT2D eigenvalue weighted by atomic mass is 10.1. The molecule has 2 atom stereocenters. The lowest BCUT2D eigenvalue weighted by Gasteiger charge is -2.13. The van der Waals surface area contributed by atoms with Crippen LogP contribution in [0.2, 0.25) is 0 Å². The molecule has 10 heteroatoms. The highest BCUT2D eigenvalue weighted by Crippen LogP contribution is 2.22. The first-order valence-electron chi connectivity index (χ1n) is 15.7. The monoisotopic (exact) mass is 658 g/mol. The molecule has 3 aromatic carbocycles. The molecule has 0 aliphatic rings. The van der Waals surface area contributed by atoms with E-state index in [0.29, 0.717) is 60.6 Å². The third kappa shape index (κ3) is 13.5. The standard InChI is InChI=1S/C38H42O10/c1-5-35(39)43-23-7-9-27(3)25-45-31-15-11-29(12-16-31)37(41)47-33-19-21-34(22-20-33)48-38(42)30-13-17-32(18-14-30)46-26-28(4)10-8-24-44-36(40)6-2/h5-6,11-22,27-28H,1-2,7-10,23-26H2,3-4H3. The normalized spacial score (nSPS) is 11.7. The quantitative estimate of drug-likeness (QED) is 0.0534. The van der Waals surface area contributed by atoms with E-state index < -0.39 is 23.9 Å². The average molecular weight is 659 g/mol. The average Bonchev–Trinajstić information content (AvgIpc) is 3.11. The van der Waals surface area contributed by atoms with E-state index in [-0.39, 0.29) is 11.8 Å². The predicted molar refractivity (Wildman–Crippen MR) is 179 cm³/mol. The van der Waals surface area contributed by atoms with E-state index in [2.05, 4.69) is 13.2 Å². The zero-order valence-corrected chi connectivity index (χ0v) is 27.4. The fraction of sp³-hybridized carbons (Fsp3) is 0.316. The van der Waals surface area contributed by atoms with Crippen molar-refractivity contribution in [1.82, 2.24) is 0 Å². The summed E-state index contributed by atoms with van der Waals surface area (Å²) in [6, 6.07) is 19.5. The Hall–Kier alpha value is -5.38. The summed E-state index contributed by atoms with van der Waals surface area (Å²) in [7, 11) is 0. The summed E-state index contributed by atoms with van der Waals surface area (Å²) in [5, 5.41) is 0. The first kappa shape index (κ1) is 37.1. The molecule has 0 saturated heterocycles. The van der Waals surface area contributed by atoms with Crippen molar-refractivity contribution in [2.24, 2.45) is 11.8 Å². The van der Waals surface area contributed by atoms with Crippen LogP contribution in [0.25, 0.3) is 0 Å². The molecule has 10 nitrogen and oxygen atoms in total. The summed E-state index contributed by atoms with van der Waals surface area (Å²) >= 11 is 0. The maximum atomic E-state index is 12.6. The first-order chi connectivity index (χ1) is 23.2. The summed E-state index contributed by atoms with van der Waals surface area (Å²) in [4.78, 5) is 47.4.